The van der Waals surface area contributed by atoms with E-state index in [-0.39, 0.29) is 0 Å². The molecule has 0 saturated heterocycles. The molecule has 0 bridgehead atoms. The maximum Gasteiger partial charge on any atom is 0.133 e. The Morgan fingerprint density at radius 2 is 1.71 bits per heavy atom. The molecule has 0 N–H and O–H groups in total. The second-order valence-corrected chi connectivity index (χ2v) is 10.5. The summed E-state index contributed by atoms with van der Waals surface area (Å²) in [6.45, 7) is 14.3. The fourth-order valence-electron chi connectivity index (χ4n) is 8.01. The van der Waals surface area contributed by atoms with Crippen LogP contribution in [0.25, 0.3) is 0 Å². The lowest BCUT2D eigenvalue weighted by molar-refractivity contribution is -0.141. The van der Waals surface area contributed by atoms with Crippen molar-refractivity contribution < 1.29 is 4.79 Å². The van der Waals surface area contributed by atoms with E-state index in [1.807, 2.05) is 0 Å². The van der Waals surface area contributed by atoms with Gasteiger partial charge in [-0.05, 0) is 91.8 Å². The van der Waals surface area contributed by atoms with Gasteiger partial charge in [0.25, 0.3) is 0 Å². The minimum atomic E-state index is 0.336. The van der Waals surface area contributed by atoms with Gasteiger partial charge in [-0.15, -0.1) is 0 Å². The zero-order valence-corrected chi connectivity index (χ0v) is 16.3. The molecule has 134 valence electrons. The van der Waals surface area contributed by atoms with Crippen molar-refractivity contribution in [2.75, 3.05) is 0 Å². The van der Waals surface area contributed by atoms with E-state index >= 15 is 0 Å². The Labute approximate surface area is 148 Å². The topological polar surface area (TPSA) is 17.1 Å². The van der Waals surface area contributed by atoms with Crippen LogP contribution in [0, 0.1) is 39.9 Å². The van der Waals surface area contributed by atoms with Crippen LogP contribution in [0.1, 0.15) is 85.5 Å². The molecule has 4 fully saturated rings. The van der Waals surface area contributed by atoms with Crippen molar-refractivity contribution in [3.8, 4) is 0 Å². The second kappa shape index (κ2) is 5.21. The summed E-state index contributed by atoms with van der Waals surface area (Å²) in [6, 6.07) is 0. The smallest absolute Gasteiger partial charge is 0.133 e. The number of ketones is 1. The van der Waals surface area contributed by atoms with Crippen molar-refractivity contribution in [3.63, 3.8) is 0 Å². The van der Waals surface area contributed by atoms with Crippen molar-refractivity contribution in [1.82, 2.24) is 0 Å². The van der Waals surface area contributed by atoms with Gasteiger partial charge in [0.05, 0.1) is 0 Å². The van der Waals surface area contributed by atoms with E-state index in [2.05, 4.69) is 34.3 Å². The maximum absolute atomic E-state index is 12.0. The van der Waals surface area contributed by atoms with Crippen LogP contribution in [0.2, 0.25) is 0 Å². The highest BCUT2D eigenvalue weighted by molar-refractivity contribution is 5.79. The normalized spacial score (nSPS) is 53.9. The molecule has 0 aromatic rings. The van der Waals surface area contributed by atoms with Gasteiger partial charge in [-0.2, -0.15) is 0 Å². The van der Waals surface area contributed by atoms with Gasteiger partial charge in [0.2, 0.25) is 0 Å². The molecule has 0 heterocycles. The zero-order valence-electron chi connectivity index (χ0n) is 16.3. The number of carbonyl (C=O) groups is 1. The predicted molar refractivity (Wildman–Crippen MR) is 99.7 cm³/mol. The summed E-state index contributed by atoms with van der Waals surface area (Å²) in [5.41, 5.74) is 2.64. The van der Waals surface area contributed by atoms with Gasteiger partial charge >= 0.3 is 0 Å². The van der Waals surface area contributed by atoms with Crippen LogP contribution in [-0.4, -0.2) is 5.78 Å². The Kier molecular flexibility index (Phi) is 3.66. The molecule has 0 aromatic carbocycles. The largest absolute Gasteiger partial charge is 0.300 e. The van der Waals surface area contributed by atoms with E-state index in [1.54, 1.807) is 0 Å². The molecule has 0 radical (unpaired) electrons. The van der Waals surface area contributed by atoms with Gasteiger partial charge in [-0.3, -0.25) is 4.79 Å². The monoisotopic (exact) mass is 328 g/mol. The highest BCUT2D eigenvalue weighted by Crippen LogP contribution is 2.71. The van der Waals surface area contributed by atoms with Crippen molar-refractivity contribution in [2.24, 2.45) is 39.9 Å². The van der Waals surface area contributed by atoms with Crippen LogP contribution in [0.3, 0.4) is 0 Å². The number of hydrogen-bond acceptors (Lipinski definition) is 1. The molecular formula is C23H36O. The molecule has 4 aliphatic rings. The molecule has 0 spiro atoms. The van der Waals surface area contributed by atoms with Gasteiger partial charge in [-0.1, -0.05) is 32.9 Å². The summed E-state index contributed by atoms with van der Waals surface area (Å²) < 4.78 is 0. The number of carbonyl (C=O) groups excluding carboxylic acids is 1. The fraction of sp³-hybridized carbons (Fsp3) is 0.870. The van der Waals surface area contributed by atoms with E-state index in [9.17, 15) is 4.79 Å². The molecule has 4 aliphatic carbocycles. The van der Waals surface area contributed by atoms with Crippen LogP contribution >= 0.6 is 0 Å². The molecule has 7 atom stereocenters. The van der Waals surface area contributed by atoms with Crippen molar-refractivity contribution in [3.05, 3.63) is 12.2 Å². The van der Waals surface area contributed by atoms with Crippen LogP contribution in [-0.2, 0) is 4.79 Å². The van der Waals surface area contributed by atoms with E-state index in [0.29, 0.717) is 27.9 Å². The predicted octanol–water partition coefficient (Wildman–Crippen LogP) is 6.18. The van der Waals surface area contributed by atoms with Gasteiger partial charge in [0, 0.05) is 12.8 Å². The summed E-state index contributed by atoms with van der Waals surface area (Å²) in [5, 5.41) is 0. The summed E-state index contributed by atoms with van der Waals surface area (Å²) in [5.74, 6) is 3.87. The molecule has 0 aromatic heterocycles. The molecule has 4 rings (SSSR count). The number of fused-ring (bicyclic) bond motifs is 5. The first-order valence-electron chi connectivity index (χ1n) is 10.4. The quantitative estimate of drug-likeness (QED) is 0.525. The average Bonchev–Trinajstić information content (AvgIpc) is 2.81. The van der Waals surface area contributed by atoms with E-state index in [4.69, 9.17) is 0 Å². The standard InChI is InChI=1S/C23H36O/c1-15(2)22(4)12-10-20-18-7-6-16-14-17(24)8-11-21(16,3)19(18)9-13-23(20,22)5/h16,18-20H,1,6-14H2,2-5H3/t16?,18?,19-,20-,21-,22+,23-/m0/s1. The van der Waals surface area contributed by atoms with E-state index < -0.39 is 0 Å². The minimum Gasteiger partial charge on any atom is -0.300 e. The van der Waals surface area contributed by atoms with Crippen molar-refractivity contribution in [2.45, 2.75) is 85.5 Å². The fourth-order valence-corrected chi connectivity index (χ4v) is 8.01. The van der Waals surface area contributed by atoms with E-state index in [1.165, 1.54) is 50.5 Å². The Hall–Kier alpha value is -0.590. The Balaban J connectivity index is 1.66. The van der Waals surface area contributed by atoms with E-state index in [0.717, 1.165) is 30.6 Å². The van der Waals surface area contributed by atoms with Crippen LogP contribution in [0.4, 0.5) is 0 Å². The Morgan fingerprint density at radius 3 is 2.42 bits per heavy atom. The first-order chi connectivity index (χ1) is 11.2. The summed E-state index contributed by atoms with van der Waals surface area (Å²) in [7, 11) is 0. The highest BCUT2D eigenvalue weighted by Gasteiger charge is 2.63. The summed E-state index contributed by atoms with van der Waals surface area (Å²) in [4.78, 5) is 12.0. The molecule has 0 amide bonds. The molecule has 0 aliphatic heterocycles. The molecule has 4 saturated carbocycles. The van der Waals surface area contributed by atoms with Crippen LogP contribution < -0.4 is 0 Å². The van der Waals surface area contributed by atoms with Gasteiger partial charge in [-0.25, -0.2) is 0 Å². The molecule has 1 nitrogen and oxygen atoms in total. The van der Waals surface area contributed by atoms with Gasteiger partial charge in [0.1, 0.15) is 5.78 Å². The lowest BCUT2D eigenvalue weighted by atomic mass is 9.43. The first-order valence-corrected chi connectivity index (χ1v) is 10.4. The number of allylic oxidation sites excluding steroid dienone is 1. The second-order valence-electron chi connectivity index (χ2n) is 10.5. The Morgan fingerprint density at radius 1 is 1.00 bits per heavy atom. The molecule has 1 heteroatoms. The number of hydrogen-bond donors (Lipinski definition) is 0. The number of Topliss-reactive ketones (excluding diaryl/α,β-unsaturated/α-hetero) is 1. The highest BCUT2D eigenvalue weighted by atomic mass is 16.1. The van der Waals surface area contributed by atoms with Crippen molar-refractivity contribution in [1.29, 1.82) is 0 Å². The number of rotatable bonds is 1. The van der Waals surface area contributed by atoms with Gasteiger partial charge < -0.3 is 0 Å². The van der Waals surface area contributed by atoms with Crippen LogP contribution in [0.5, 0.6) is 0 Å². The summed E-state index contributed by atoms with van der Waals surface area (Å²) >= 11 is 0. The van der Waals surface area contributed by atoms with Gasteiger partial charge in [0.15, 0.2) is 0 Å². The average molecular weight is 329 g/mol. The zero-order chi connectivity index (χ0) is 17.3. The lowest BCUT2D eigenvalue weighted by Gasteiger charge is -2.61. The SMILES string of the molecule is C=C(C)[C@@]1(C)CC[C@H]2C3CCC4CC(=O)CC[C@]4(C)[C@H]3CC[C@@]21C. The molecule has 24 heavy (non-hydrogen) atoms. The van der Waals surface area contributed by atoms with Crippen molar-refractivity contribution >= 4 is 5.78 Å². The summed E-state index contributed by atoms with van der Waals surface area (Å²) in [6.07, 6.45) is 11.1. The third-order valence-electron chi connectivity index (χ3n) is 10.0. The Bertz CT molecular complexity index is 577. The molecule has 2 unspecified atom stereocenters. The van der Waals surface area contributed by atoms with Crippen LogP contribution in [0.15, 0.2) is 12.2 Å². The maximum atomic E-state index is 12.0. The minimum absolute atomic E-state index is 0.336. The lowest BCUT2D eigenvalue weighted by Crippen LogP contribution is -2.54. The third-order valence-corrected chi connectivity index (χ3v) is 10.0. The molecular weight excluding hydrogens is 292 g/mol. The first kappa shape index (κ1) is 16.9. The third kappa shape index (κ3) is 1.96.